The predicted molar refractivity (Wildman–Crippen MR) is 59.2 cm³/mol. The van der Waals surface area contributed by atoms with E-state index in [4.69, 9.17) is 9.47 Å². The van der Waals surface area contributed by atoms with Crippen molar-refractivity contribution in [3.63, 3.8) is 0 Å². The number of hydrogen-bond acceptors (Lipinski definition) is 5. The van der Waals surface area contributed by atoms with E-state index in [1.807, 2.05) is 0 Å². The minimum absolute atomic E-state index is 0.112. The van der Waals surface area contributed by atoms with Crippen molar-refractivity contribution in [2.75, 3.05) is 40.0 Å². The highest BCUT2D eigenvalue weighted by Gasteiger charge is 2.12. The maximum absolute atomic E-state index is 11.0. The minimum atomic E-state index is -0.293. The van der Waals surface area contributed by atoms with Gasteiger partial charge in [0.15, 0.2) is 0 Å². The Balaban J connectivity index is 2.12. The third-order valence-electron chi connectivity index (χ3n) is 2.32. The zero-order chi connectivity index (χ0) is 11.8. The van der Waals surface area contributed by atoms with E-state index in [0.717, 1.165) is 6.54 Å². The molecule has 5 nitrogen and oxygen atoms in total. The maximum atomic E-state index is 11.0. The van der Waals surface area contributed by atoms with Gasteiger partial charge in [-0.05, 0) is 6.92 Å². The summed E-state index contributed by atoms with van der Waals surface area (Å²) in [6.45, 7) is 5.05. The zero-order valence-corrected chi connectivity index (χ0v) is 9.82. The molecule has 0 aromatic rings. The van der Waals surface area contributed by atoms with Crippen LogP contribution in [0.4, 0.5) is 0 Å². The van der Waals surface area contributed by atoms with Crippen molar-refractivity contribution >= 4 is 5.97 Å². The van der Waals surface area contributed by atoms with E-state index in [9.17, 15) is 4.79 Å². The molecule has 1 heterocycles. The van der Waals surface area contributed by atoms with Crippen LogP contribution in [-0.4, -0.2) is 52.1 Å². The smallest absolute Gasteiger partial charge is 0.333 e. The number of hydrogen-bond donors (Lipinski definition) is 1. The van der Waals surface area contributed by atoms with Crippen molar-refractivity contribution in [2.24, 2.45) is 0 Å². The average molecular weight is 229 g/mol. The Kier molecular flexibility index (Phi) is 6.07. The lowest BCUT2D eigenvalue weighted by atomic mass is 10.3. The van der Waals surface area contributed by atoms with E-state index in [0.29, 0.717) is 31.9 Å². The topological polar surface area (TPSA) is 56.8 Å². The standard InChI is InChI=1S/C11H19NO4/c1-9(11(13)14-2)3-4-12-7-10-8-15-5-6-16-10/h3,10,12H,4-8H2,1-2H3. The SMILES string of the molecule is COC(=O)C(C)=CCNCC1COCCO1. The van der Waals surface area contributed by atoms with E-state index in [2.05, 4.69) is 10.1 Å². The molecule has 0 saturated carbocycles. The second kappa shape index (κ2) is 7.38. The number of carbonyl (C=O) groups excluding carboxylic acids is 1. The molecule has 0 bridgehead atoms. The van der Waals surface area contributed by atoms with Gasteiger partial charge in [-0.2, -0.15) is 0 Å². The maximum Gasteiger partial charge on any atom is 0.333 e. The average Bonchev–Trinajstić information content (AvgIpc) is 2.34. The van der Waals surface area contributed by atoms with Gasteiger partial charge in [-0.15, -0.1) is 0 Å². The van der Waals surface area contributed by atoms with Crippen molar-refractivity contribution < 1.29 is 19.0 Å². The van der Waals surface area contributed by atoms with E-state index in [-0.39, 0.29) is 12.1 Å². The molecule has 1 saturated heterocycles. The van der Waals surface area contributed by atoms with Crippen LogP contribution in [0.2, 0.25) is 0 Å². The van der Waals surface area contributed by atoms with Gasteiger partial charge in [0.1, 0.15) is 0 Å². The summed E-state index contributed by atoms with van der Waals surface area (Å²) in [6, 6.07) is 0. The lowest BCUT2D eigenvalue weighted by Gasteiger charge is -2.22. The largest absolute Gasteiger partial charge is 0.466 e. The van der Waals surface area contributed by atoms with Gasteiger partial charge in [0.05, 0.1) is 33.0 Å². The fraction of sp³-hybridized carbons (Fsp3) is 0.727. The Morgan fingerprint density at radius 2 is 2.38 bits per heavy atom. The molecule has 1 fully saturated rings. The van der Waals surface area contributed by atoms with Crippen LogP contribution >= 0.6 is 0 Å². The predicted octanol–water partition coefficient (Wildman–Crippen LogP) is 0.111. The van der Waals surface area contributed by atoms with Gasteiger partial charge in [0.25, 0.3) is 0 Å². The highest BCUT2D eigenvalue weighted by atomic mass is 16.6. The Morgan fingerprint density at radius 3 is 3.00 bits per heavy atom. The molecule has 0 radical (unpaired) electrons. The first kappa shape index (κ1) is 13.2. The molecule has 0 aromatic carbocycles. The van der Waals surface area contributed by atoms with Gasteiger partial charge < -0.3 is 19.5 Å². The first-order chi connectivity index (χ1) is 7.74. The van der Waals surface area contributed by atoms with Gasteiger partial charge in [0.2, 0.25) is 0 Å². The van der Waals surface area contributed by atoms with Crippen LogP contribution in [0, 0.1) is 0 Å². The zero-order valence-electron chi connectivity index (χ0n) is 9.82. The van der Waals surface area contributed by atoms with Crippen molar-refractivity contribution in [3.05, 3.63) is 11.6 Å². The summed E-state index contributed by atoms with van der Waals surface area (Å²) in [7, 11) is 1.38. The molecule has 0 amide bonds. The van der Waals surface area contributed by atoms with E-state index in [1.54, 1.807) is 13.0 Å². The van der Waals surface area contributed by atoms with Gasteiger partial charge in [0, 0.05) is 18.7 Å². The normalized spacial score (nSPS) is 21.9. The van der Waals surface area contributed by atoms with Crippen LogP contribution in [0.25, 0.3) is 0 Å². The fourth-order valence-corrected chi connectivity index (χ4v) is 1.37. The lowest BCUT2D eigenvalue weighted by molar-refractivity contribution is -0.136. The highest BCUT2D eigenvalue weighted by molar-refractivity contribution is 5.87. The second-order valence-corrected chi connectivity index (χ2v) is 3.60. The molecule has 16 heavy (non-hydrogen) atoms. The van der Waals surface area contributed by atoms with E-state index >= 15 is 0 Å². The molecule has 92 valence electrons. The summed E-state index contributed by atoms with van der Waals surface area (Å²) in [4.78, 5) is 11.0. The molecule has 1 unspecified atom stereocenters. The summed E-state index contributed by atoms with van der Waals surface area (Å²) in [5.41, 5.74) is 0.607. The number of nitrogens with one attached hydrogen (secondary N) is 1. The first-order valence-corrected chi connectivity index (χ1v) is 5.39. The van der Waals surface area contributed by atoms with E-state index < -0.39 is 0 Å². The van der Waals surface area contributed by atoms with Crippen LogP contribution in [0.1, 0.15) is 6.92 Å². The van der Waals surface area contributed by atoms with Gasteiger partial charge in [-0.1, -0.05) is 6.08 Å². The summed E-state index contributed by atoms with van der Waals surface area (Å²) in [6.07, 6.45) is 1.91. The van der Waals surface area contributed by atoms with Gasteiger partial charge >= 0.3 is 5.97 Å². The summed E-state index contributed by atoms with van der Waals surface area (Å²) in [5, 5.41) is 3.18. The summed E-state index contributed by atoms with van der Waals surface area (Å²) in [5.74, 6) is -0.293. The number of rotatable bonds is 5. The van der Waals surface area contributed by atoms with Crippen LogP contribution in [0.5, 0.6) is 0 Å². The molecular weight excluding hydrogens is 210 g/mol. The molecule has 1 atom stereocenters. The number of carbonyl (C=O) groups is 1. The molecule has 1 N–H and O–H groups in total. The fourth-order valence-electron chi connectivity index (χ4n) is 1.37. The number of methoxy groups -OCH3 is 1. The van der Waals surface area contributed by atoms with Gasteiger partial charge in [-0.3, -0.25) is 0 Å². The monoisotopic (exact) mass is 229 g/mol. The Labute approximate surface area is 95.7 Å². The van der Waals surface area contributed by atoms with Crippen LogP contribution in [0.3, 0.4) is 0 Å². The van der Waals surface area contributed by atoms with Gasteiger partial charge in [-0.25, -0.2) is 4.79 Å². The number of ether oxygens (including phenoxy) is 3. The Hall–Kier alpha value is -0.910. The van der Waals surface area contributed by atoms with Crippen molar-refractivity contribution in [2.45, 2.75) is 13.0 Å². The second-order valence-electron chi connectivity index (χ2n) is 3.60. The van der Waals surface area contributed by atoms with Crippen molar-refractivity contribution in [1.29, 1.82) is 0 Å². The molecule has 0 aromatic heterocycles. The lowest BCUT2D eigenvalue weighted by Crippen LogP contribution is -2.37. The molecule has 1 aliphatic rings. The molecule has 0 spiro atoms. The quantitative estimate of drug-likeness (QED) is 0.412. The third-order valence-corrected chi connectivity index (χ3v) is 2.32. The molecule has 5 heteroatoms. The van der Waals surface area contributed by atoms with Crippen molar-refractivity contribution in [1.82, 2.24) is 5.32 Å². The summed E-state index contributed by atoms with van der Waals surface area (Å²) < 4.78 is 15.3. The van der Waals surface area contributed by atoms with Crippen LogP contribution < -0.4 is 5.32 Å². The summed E-state index contributed by atoms with van der Waals surface area (Å²) >= 11 is 0. The molecular formula is C11H19NO4. The van der Waals surface area contributed by atoms with Crippen molar-refractivity contribution in [3.8, 4) is 0 Å². The first-order valence-electron chi connectivity index (χ1n) is 5.39. The number of esters is 1. The molecule has 0 aliphatic carbocycles. The Bertz CT molecular complexity index is 246. The van der Waals surface area contributed by atoms with Crippen LogP contribution in [0.15, 0.2) is 11.6 Å². The Morgan fingerprint density at radius 1 is 1.56 bits per heavy atom. The third kappa shape index (κ3) is 4.74. The van der Waals surface area contributed by atoms with E-state index in [1.165, 1.54) is 7.11 Å². The minimum Gasteiger partial charge on any atom is -0.466 e. The highest BCUT2D eigenvalue weighted by Crippen LogP contribution is 1.99. The molecule has 1 aliphatic heterocycles. The van der Waals surface area contributed by atoms with Crippen LogP contribution in [-0.2, 0) is 19.0 Å². The molecule has 1 rings (SSSR count).